The number of rotatable bonds is 2. The second kappa shape index (κ2) is 7.90. The largest absolute Gasteiger partial charge is 0.368 e. The van der Waals surface area contributed by atoms with Gasteiger partial charge >= 0.3 is 0 Å². The van der Waals surface area contributed by atoms with Gasteiger partial charge in [0.1, 0.15) is 24.3 Å². The van der Waals surface area contributed by atoms with Gasteiger partial charge in [0.25, 0.3) is 0 Å². The molecular formula is C16H19ClN6O. The molecule has 2 aromatic rings. The molecule has 0 aliphatic carbocycles. The molecule has 0 radical (unpaired) electrons. The maximum absolute atomic E-state index is 11.4. The highest BCUT2D eigenvalue weighted by Gasteiger charge is 2.25. The maximum Gasteiger partial charge on any atom is 0.236 e. The van der Waals surface area contributed by atoms with E-state index in [-0.39, 0.29) is 0 Å². The van der Waals surface area contributed by atoms with Crippen molar-refractivity contribution in [1.82, 2.24) is 15.3 Å². The number of hydrogen-bond donors (Lipinski definition) is 2. The van der Waals surface area contributed by atoms with Gasteiger partial charge in [-0.15, -0.1) is 0 Å². The van der Waals surface area contributed by atoms with Crippen molar-refractivity contribution in [3.63, 3.8) is 0 Å². The van der Waals surface area contributed by atoms with Crippen molar-refractivity contribution < 1.29 is 4.79 Å². The summed E-state index contributed by atoms with van der Waals surface area (Å²) in [6.45, 7) is 5.73. The van der Waals surface area contributed by atoms with Crippen LogP contribution in [0.5, 0.6) is 0 Å². The van der Waals surface area contributed by atoms with Crippen LogP contribution in [0, 0.1) is 11.3 Å². The van der Waals surface area contributed by atoms with Crippen LogP contribution in [0.3, 0.4) is 0 Å². The number of anilines is 1. The van der Waals surface area contributed by atoms with Crippen LogP contribution in [0.15, 0.2) is 18.5 Å². The molecule has 1 atom stereocenters. The normalized spacial score (nSPS) is 16.9. The molecule has 3 rings (SSSR count). The summed E-state index contributed by atoms with van der Waals surface area (Å²) in [5.41, 5.74) is 6.39. The van der Waals surface area contributed by atoms with Crippen molar-refractivity contribution >= 4 is 34.2 Å². The molecule has 1 aromatic heterocycles. The van der Waals surface area contributed by atoms with Crippen molar-refractivity contribution in [2.45, 2.75) is 19.9 Å². The van der Waals surface area contributed by atoms with E-state index in [0.29, 0.717) is 41.6 Å². The number of hydrogen-bond acceptors (Lipinski definition) is 6. The lowest BCUT2D eigenvalue weighted by Gasteiger charge is -2.33. The number of piperazine rings is 1. The average molecular weight is 347 g/mol. The summed E-state index contributed by atoms with van der Waals surface area (Å²) in [4.78, 5) is 21.8. The zero-order valence-electron chi connectivity index (χ0n) is 13.6. The van der Waals surface area contributed by atoms with E-state index in [1.54, 1.807) is 12.1 Å². The molecule has 1 aromatic carbocycles. The molecule has 24 heavy (non-hydrogen) atoms. The van der Waals surface area contributed by atoms with Crippen LogP contribution < -0.4 is 16.0 Å². The molecule has 0 spiro atoms. The van der Waals surface area contributed by atoms with Gasteiger partial charge in [0.2, 0.25) is 5.91 Å². The Bertz CT molecular complexity index is 788. The van der Waals surface area contributed by atoms with Crippen LogP contribution >= 0.6 is 11.6 Å². The highest BCUT2D eigenvalue weighted by atomic mass is 35.5. The van der Waals surface area contributed by atoms with Gasteiger partial charge in [-0.2, -0.15) is 5.26 Å². The molecule has 3 N–H and O–H groups in total. The Labute approximate surface area is 145 Å². The Morgan fingerprint density at radius 3 is 2.88 bits per heavy atom. The monoisotopic (exact) mass is 346 g/mol. The summed E-state index contributed by atoms with van der Waals surface area (Å²) >= 11 is 6.04. The molecule has 1 saturated heterocycles. The number of amides is 1. The van der Waals surface area contributed by atoms with Crippen molar-refractivity contribution in [1.29, 1.82) is 5.26 Å². The minimum Gasteiger partial charge on any atom is -0.368 e. The summed E-state index contributed by atoms with van der Waals surface area (Å²) in [5.74, 6) is 0.273. The van der Waals surface area contributed by atoms with Gasteiger partial charge < -0.3 is 16.0 Å². The highest BCUT2D eigenvalue weighted by Crippen LogP contribution is 2.28. The fourth-order valence-electron chi connectivity index (χ4n) is 2.53. The topological polar surface area (TPSA) is 108 Å². The van der Waals surface area contributed by atoms with E-state index in [0.717, 1.165) is 5.39 Å². The number of primary amides is 1. The first-order valence-electron chi connectivity index (χ1n) is 7.72. The minimum absolute atomic E-state index is 0.356. The van der Waals surface area contributed by atoms with Crippen molar-refractivity contribution in [2.75, 3.05) is 24.5 Å². The number of carbonyl (C=O) groups excluding carboxylic acids is 1. The Balaban J connectivity index is 0.00000100. The second-order valence-electron chi connectivity index (χ2n) is 5.01. The van der Waals surface area contributed by atoms with E-state index in [1.165, 1.54) is 6.33 Å². The third kappa shape index (κ3) is 3.55. The Morgan fingerprint density at radius 1 is 1.46 bits per heavy atom. The maximum atomic E-state index is 11.4. The number of nitrogens with zero attached hydrogens (tertiary/aromatic N) is 4. The molecule has 7 nitrogen and oxygen atoms in total. The van der Waals surface area contributed by atoms with Crippen LogP contribution in [0.4, 0.5) is 5.82 Å². The number of aromatic nitrogens is 2. The fraction of sp³-hybridized carbons (Fsp3) is 0.375. The first-order valence-corrected chi connectivity index (χ1v) is 8.10. The SMILES string of the molecule is CC.N#Cc1cc2c(N3CCNC(C(N)=O)C3)ncnc2cc1Cl. The van der Waals surface area contributed by atoms with Gasteiger partial charge in [-0.3, -0.25) is 4.79 Å². The van der Waals surface area contributed by atoms with Crippen LogP contribution in [0.25, 0.3) is 10.9 Å². The molecule has 1 aliphatic rings. The number of carbonyl (C=O) groups is 1. The smallest absolute Gasteiger partial charge is 0.236 e. The Kier molecular flexibility index (Phi) is 5.90. The Morgan fingerprint density at radius 2 is 2.21 bits per heavy atom. The van der Waals surface area contributed by atoms with Crippen LogP contribution in [-0.4, -0.2) is 41.6 Å². The number of benzene rings is 1. The third-order valence-corrected chi connectivity index (χ3v) is 3.95. The average Bonchev–Trinajstić information content (AvgIpc) is 2.62. The zero-order valence-corrected chi connectivity index (χ0v) is 14.3. The summed E-state index contributed by atoms with van der Waals surface area (Å²) < 4.78 is 0. The standard InChI is InChI=1S/C14H13ClN6O.C2H6/c15-10-4-11-9(3-8(10)5-16)14(20-7-19-11)21-2-1-18-12(6-21)13(17)22;1-2/h3-4,7,12,18H,1-2,6H2,(H2,17,22);1-2H3. The second-order valence-corrected chi connectivity index (χ2v) is 5.42. The number of halogens is 1. The van der Waals surface area contributed by atoms with Gasteiger partial charge in [0.05, 0.1) is 16.1 Å². The van der Waals surface area contributed by atoms with E-state index in [4.69, 9.17) is 22.6 Å². The Hall–Kier alpha value is -2.43. The lowest BCUT2D eigenvalue weighted by Crippen LogP contribution is -2.56. The van der Waals surface area contributed by atoms with Gasteiger partial charge in [-0.1, -0.05) is 25.4 Å². The third-order valence-electron chi connectivity index (χ3n) is 3.64. The van der Waals surface area contributed by atoms with Gasteiger partial charge in [0, 0.05) is 25.0 Å². The molecule has 8 heteroatoms. The van der Waals surface area contributed by atoms with Gasteiger partial charge in [-0.05, 0) is 12.1 Å². The number of nitrogens with two attached hydrogens (primary N) is 1. The summed E-state index contributed by atoms with van der Waals surface area (Å²) in [6.07, 6.45) is 1.45. The molecule has 2 heterocycles. The van der Waals surface area contributed by atoms with Crippen molar-refractivity contribution in [3.05, 3.63) is 29.0 Å². The van der Waals surface area contributed by atoms with Crippen LogP contribution in [0.1, 0.15) is 19.4 Å². The van der Waals surface area contributed by atoms with E-state index in [2.05, 4.69) is 21.4 Å². The zero-order chi connectivity index (χ0) is 17.7. The molecule has 0 saturated carbocycles. The molecular weight excluding hydrogens is 328 g/mol. The van der Waals surface area contributed by atoms with Crippen LogP contribution in [-0.2, 0) is 4.79 Å². The van der Waals surface area contributed by atoms with E-state index >= 15 is 0 Å². The first kappa shape index (κ1) is 17.9. The molecule has 1 amide bonds. The first-order chi connectivity index (χ1) is 11.6. The number of nitriles is 1. The van der Waals surface area contributed by atoms with E-state index in [9.17, 15) is 4.79 Å². The quantitative estimate of drug-likeness (QED) is 0.852. The summed E-state index contributed by atoms with van der Waals surface area (Å²) in [6, 6.07) is 4.95. The molecule has 126 valence electrons. The van der Waals surface area contributed by atoms with Crippen molar-refractivity contribution in [2.24, 2.45) is 5.73 Å². The number of nitrogens with one attached hydrogen (secondary N) is 1. The highest BCUT2D eigenvalue weighted by molar-refractivity contribution is 6.32. The molecule has 0 bridgehead atoms. The predicted molar refractivity (Wildman–Crippen MR) is 93.8 cm³/mol. The van der Waals surface area contributed by atoms with E-state index < -0.39 is 11.9 Å². The lowest BCUT2D eigenvalue weighted by molar-refractivity contribution is -0.120. The van der Waals surface area contributed by atoms with Crippen molar-refractivity contribution in [3.8, 4) is 6.07 Å². The van der Waals surface area contributed by atoms with Gasteiger partial charge in [0.15, 0.2) is 0 Å². The number of fused-ring (bicyclic) bond motifs is 1. The molecule has 1 unspecified atom stereocenters. The van der Waals surface area contributed by atoms with Crippen LogP contribution in [0.2, 0.25) is 5.02 Å². The molecule has 1 fully saturated rings. The van der Waals surface area contributed by atoms with Gasteiger partial charge in [-0.25, -0.2) is 9.97 Å². The minimum atomic E-state index is -0.429. The fourth-order valence-corrected chi connectivity index (χ4v) is 2.73. The molecule has 1 aliphatic heterocycles. The van der Waals surface area contributed by atoms with E-state index in [1.807, 2.05) is 18.7 Å². The predicted octanol–water partition coefficient (Wildman–Crippen LogP) is 1.44. The summed E-state index contributed by atoms with van der Waals surface area (Å²) in [5, 5.41) is 13.3. The lowest BCUT2D eigenvalue weighted by atomic mass is 10.1. The summed E-state index contributed by atoms with van der Waals surface area (Å²) in [7, 11) is 0.